The molecule has 5 nitrogen and oxygen atoms in total. The van der Waals surface area contributed by atoms with Crippen LogP contribution in [0.3, 0.4) is 0 Å². The standard InChI is InChI=1S/C20H20N2O3S/c1-13(14-7-5-4-6-8-14)21-19(23)16-12-26-20(22-16)15-9-10-17(24-2)18(11-15)25-3/h4-13H,1-3H3,(H,21,23)/t13-/m1/s1. The fourth-order valence-corrected chi connectivity index (χ4v) is 3.37. The number of methoxy groups -OCH3 is 2. The third kappa shape index (κ3) is 3.86. The molecule has 134 valence electrons. The Labute approximate surface area is 156 Å². The molecule has 0 bridgehead atoms. The summed E-state index contributed by atoms with van der Waals surface area (Å²) in [6.07, 6.45) is 0. The Bertz CT molecular complexity index is 893. The summed E-state index contributed by atoms with van der Waals surface area (Å²) >= 11 is 1.42. The summed E-state index contributed by atoms with van der Waals surface area (Å²) in [5.74, 6) is 1.09. The average Bonchev–Trinajstić information content (AvgIpc) is 3.18. The van der Waals surface area contributed by atoms with Gasteiger partial charge in [-0.1, -0.05) is 30.3 Å². The summed E-state index contributed by atoms with van der Waals surface area (Å²) in [6.45, 7) is 1.95. The molecule has 0 aliphatic rings. The van der Waals surface area contributed by atoms with E-state index >= 15 is 0 Å². The van der Waals surface area contributed by atoms with Crippen molar-refractivity contribution in [2.24, 2.45) is 0 Å². The predicted octanol–water partition coefficient (Wildman–Crippen LogP) is 4.32. The van der Waals surface area contributed by atoms with Crippen molar-refractivity contribution in [3.8, 4) is 22.1 Å². The fraction of sp³-hybridized carbons (Fsp3) is 0.200. The van der Waals surface area contributed by atoms with Gasteiger partial charge >= 0.3 is 0 Å². The van der Waals surface area contributed by atoms with Crippen LogP contribution in [-0.4, -0.2) is 25.1 Å². The van der Waals surface area contributed by atoms with Crippen LogP contribution in [0.5, 0.6) is 11.5 Å². The molecule has 0 saturated carbocycles. The van der Waals surface area contributed by atoms with E-state index in [2.05, 4.69) is 10.3 Å². The second-order valence-corrected chi connectivity index (χ2v) is 6.57. The highest BCUT2D eigenvalue weighted by molar-refractivity contribution is 7.13. The molecule has 1 atom stereocenters. The number of hydrogen-bond donors (Lipinski definition) is 1. The van der Waals surface area contributed by atoms with Crippen molar-refractivity contribution < 1.29 is 14.3 Å². The molecule has 6 heteroatoms. The van der Waals surface area contributed by atoms with E-state index in [0.717, 1.165) is 16.1 Å². The molecule has 2 aromatic carbocycles. The van der Waals surface area contributed by atoms with Crippen molar-refractivity contribution >= 4 is 17.2 Å². The number of amides is 1. The minimum atomic E-state index is -0.190. The molecule has 0 radical (unpaired) electrons. The van der Waals surface area contributed by atoms with E-state index in [0.29, 0.717) is 17.2 Å². The van der Waals surface area contributed by atoms with Gasteiger partial charge < -0.3 is 14.8 Å². The Kier molecular flexibility index (Phi) is 5.53. The second-order valence-electron chi connectivity index (χ2n) is 5.71. The van der Waals surface area contributed by atoms with Crippen LogP contribution in [0.25, 0.3) is 10.6 Å². The van der Waals surface area contributed by atoms with Crippen LogP contribution in [-0.2, 0) is 0 Å². The van der Waals surface area contributed by atoms with E-state index in [1.54, 1.807) is 19.6 Å². The highest BCUT2D eigenvalue weighted by atomic mass is 32.1. The Morgan fingerprint density at radius 2 is 1.81 bits per heavy atom. The van der Waals surface area contributed by atoms with Crippen molar-refractivity contribution in [2.45, 2.75) is 13.0 Å². The first-order chi connectivity index (χ1) is 12.6. The number of hydrogen-bond acceptors (Lipinski definition) is 5. The molecule has 0 aliphatic carbocycles. The van der Waals surface area contributed by atoms with Gasteiger partial charge in [0.15, 0.2) is 11.5 Å². The van der Waals surface area contributed by atoms with E-state index < -0.39 is 0 Å². The Balaban J connectivity index is 1.76. The average molecular weight is 368 g/mol. The molecule has 3 rings (SSSR count). The zero-order valence-corrected chi connectivity index (χ0v) is 15.7. The minimum Gasteiger partial charge on any atom is -0.493 e. The summed E-state index contributed by atoms with van der Waals surface area (Å²) in [5, 5.41) is 5.49. The first kappa shape index (κ1) is 17.9. The number of nitrogens with one attached hydrogen (secondary N) is 1. The van der Waals surface area contributed by atoms with Crippen LogP contribution in [0.2, 0.25) is 0 Å². The lowest BCUT2D eigenvalue weighted by Gasteiger charge is -2.13. The Morgan fingerprint density at radius 1 is 1.08 bits per heavy atom. The summed E-state index contributed by atoms with van der Waals surface area (Å²) in [7, 11) is 3.19. The molecule has 0 saturated heterocycles. The minimum absolute atomic E-state index is 0.0880. The highest BCUT2D eigenvalue weighted by Gasteiger charge is 2.16. The molecule has 0 fully saturated rings. The number of aromatic nitrogens is 1. The lowest BCUT2D eigenvalue weighted by atomic mass is 10.1. The fourth-order valence-electron chi connectivity index (χ4n) is 2.58. The second kappa shape index (κ2) is 8.01. The summed E-state index contributed by atoms with van der Waals surface area (Å²) in [4.78, 5) is 17.0. The molecule has 0 unspecified atom stereocenters. The van der Waals surface area contributed by atoms with Crippen LogP contribution in [0, 0.1) is 0 Å². The van der Waals surface area contributed by atoms with Crippen LogP contribution < -0.4 is 14.8 Å². The maximum absolute atomic E-state index is 12.5. The lowest BCUT2D eigenvalue weighted by molar-refractivity contribution is 0.0935. The zero-order chi connectivity index (χ0) is 18.5. The Hall–Kier alpha value is -2.86. The van der Waals surface area contributed by atoms with Crippen molar-refractivity contribution in [1.29, 1.82) is 0 Å². The number of nitrogens with zero attached hydrogens (tertiary/aromatic N) is 1. The van der Waals surface area contributed by atoms with Gasteiger partial charge in [0, 0.05) is 10.9 Å². The number of benzene rings is 2. The van der Waals surface area contributed by atoms with Crippen LogP contribution in [0.4, 0.5) is 0 Å². The lowest BCUT2D eigenvalue weighted by Crippen LogP contribution is -2.26. The molecular formula is C20H20N2O3S. The van der Waals surface area contributed by atoms with Gasteiger partial charge in [0.2, 0.25) is 0 Å². The van der Waals surface area contributed by atoms with Gasteiger partial charge in [0.1, 0.15) is 10.7 Å². The molecule has 0 aliphatic heterocycles. The SMILES string of the molecule is COc1ccc(-c2nc(C(=O)N[C@H](C)c3ccccc3)cs2)cc1OC. The van der Waals surface area contributed by atoms with Gasteiger partial charge in [0.05, 0.1) is 20.3 Å². The van der Waals surface area contributed by atoms with Gasteiger partial charge in [-0.05, 0) is 30.7 Å². The molecule has 0 spiro atoms. The van der Waals surface area contributed by atoms with Gasteiger partial charge in [0.25, 0.3) is 5.91 Å². The quantitative estimate of drug-likeness (QED) is 0.704. The summed E-state index contributed by atoms with van der Waals surface area (Å²) in [6, 6.07) is 15.3. The molecule has 26 heavy (non-hydrogen) atoms. The van der Waals surface area contributed by atoms with Crippen molar-refractivity contribution in [2.75, 3.05) is 14.2 Å². The van der Waals surface area contributed by atoms with Crippen LogP contribution >= 0.6 is 11.3 Å². The van der Waals surface area contributed by atoms with Crippen molar-refractivity contribution in [3.63, 3.8) is 0 Å². The predicted molar refractivity (Wildman–Crippen MR) is 103 cm³/mol. The van der Waals surface area contributed by atoms with Crippen molar-refractivity contribution in [3.05, 3.63) is 65.2 Å². The molecule has 1 aromatic heterocycles. The molecule has 1 amide bonds. The van der Waals surface area contributed by atoms with Crippen molar-refractivity contribution in [1.82, 2.24) is 10.3 Å². The first-order valence-corrected chi connectivity index (χ1v) is 9.04. The topological polar surface area (TPSA) is 60.5 Å². The van der Waals surface area contributed by atoms with Gasteiger partial charge in [-0.2, -0.15) is 0 Å². The number of carbonyl (C=O) groups is 1. The van der Waals surface area contributed by atoms with E-state index in [4.69, 9.17) is 9.47 Å². The Morgan fingerprint density at radius 3 is 2.50 bits per heavy atom. The third-order valence-corrected chi connectivity index (χ3v) is 4.91. The molecule has 3 aromatic rings. The zero-order valence-electron chi connectivity index (χ0n) is 14.9. The monoisotopic (exact) mass is 368 g/mol. The van der Waals surface area contributed by atoms with E-state index in [1.807, 2.05) is 55.5 Å². The van der Waals surface area contributed by atoms with E-state index in [9.17, 15) is 4.79 Å². The number of rotatable bonds is 6. The van der Waals surface area contributed by atoms with Gasteiger partial charge in [-0.25, -0.2) is 4.98 Å². The van der Waals surface area contributed by atoms with E-state index in [1.165, 1.54) is 11.3 Å². The molecule has 1 heterocycles. The number of thiazole rings is 1. The number of carbonyl (C=O) groups excluding carboxylic acids is 1. The smallest absolute Gasteiger partial charge is 0.271 e. The number of ether oxygens (including phenoxy) is 2. The normalized spacial score (nSPS) is 11.7. The van der Waals surface area contributed by atoms with E-state index in [-0.39, 0.29) is 11.9 Å². The van der Waals surface area contributed by atoms with Gasteiger partial charge in [-0.15, -0.1) is 11.3 Å². The maximum atomic E-state index is 12.5. The van der Waals surface area contributed by atoms with Crippen LogP contribution in [0.15, 0.2) is 53.9 Å². The van der Waals surface area contributed by atoms with Crippen LogP contribution in [0.1, 0.15) is 29.0 Å². The summed E-state index contributed by atoms with van der Waals surface area (Å²) in [5.41, 5.74) is 2.33. The van der Waals surface area contributed by atoms with Gasteiger partial charge in [-0.3, -0.25) is 4.79 Å². The first-order valence-electron chi connectivity index (χ1n) is 8.16. The molecular weight excluding hydrogens is 348 g/mol. The largest absolute Gasteiger partial charge is 0.493 e. The third-order valence-electron chi connectivity index (χ3n) is 4.01. The summed E-state index contributed by atoms with van der Waals surface area (Å²) < 4.78 is 10.6. The maximum Gasteiger partial charge on any atom is 0.271 e. The highest BCUT2D eigenvalue weighted by Crippen LogP contribution is 2.33. The molecule has 1 N–H and O–H groups in total.